The van der Waals surface area contributed by atoms with Crippen molar-refractivity contribution in [2.45, 2.75) is 11.0 Å². The average molecular weight is 348 g/mol. The van der Waals surface area contributed by atoms with Crippen LogP contribution in [0.1, 0.15) is 22.6 Å². The summed E-state index contributed by atoms with van der Waals surface area (Å²) in [6.07, 6.45) is 0. The molecule has 0 amide bonds. The van der Waals surface area contributed by atoms with E-state index in [1.807, 2.05) is 60.7 Å². The van der Waals surface area contributed by atoms with Crippen LogP contribution in [0.15, 0.2) is 89.9 Å². The summed E-state index contributed by atoms with van der Waals surface area (Å²) in [4.78, 5) is 4.66. The number of hydrogen-bond donors (Lipinski definition) is 2. The molecular formula is C21H18ClN3. The normalized spacial score (nSPS) is 19.0. The number of para-hydroxylation sites is 1. The van der Waals surface area contributed by atoms with Crippen LogP contribution in [0.3, 0.4) is 0 Å². The lowest BCUT2D eigenvalue weighted by molar-refractivity contribution is 0.590. The fraction of sp³-hybridized carbons (Fsp3) is 0.0952. The second-order valence-corrected chi connectivity index (χ2v) is 6.67. The first-order valence-corrected chi connectivity index (χ1v) is 8.57. The van der Waals surface area contributed by atoms with Gasteiger partial charge in [0.1, 0.15) is 5.84 Å². The van der Waals surface area contributed by atoms with Gasteiger partial charge in [-0.2, -0.15) is 0 Å². The summed E-state index contributed by atoms with van der Waals surface area (Å²) in [5.74, 6) is 0.254. The van der Waals surface area contributed by atoms with Crippen LogP contribution in [0.2, 0.25) is 0 Å². The van der Waals surface area contributed by atoms with Gasteiger partial charge in [-0.1, -0.05) is 84.4 Å². The van der Waals surface area contributed by atoms with Crippen LogP contribution in [0.5, 0.6) is 0 Å². The Morgan fingerprint density at radius 2 is 1.32 bits per heavy atom. The Labute approximate surface area is 152 Å². The number of nitrogens with one attached hydrogen (secondary N) is 1. The first-order valence-electron chi connectivity index (χ1n) is 8.19. The highest BCUT2D eigenvalue weighted by Crippen LogP contribution is 2.43. The molecule has 1 heterocycles. The van der Waals surface area contributed by atoms with Gasteiger partial charge < -0.3 is 11.1 Å². The van der Waals surface area contributed by atoms with E-state index in [9.17, 15) is 0 Å². The van der Waals surface area contributed by atoms with Gasteiger partial charge in [-0.3, -0.25) is 0 Å². The van der Waals surface area contributed by atoms with E-state index >= 15 is 0 Å². The number of rotatable bonds is 3. The minimum Gasteiger partial charge on any atom is -0.383 e. The SMILES string of the molecule is NC1=NC(Cl)(C(c2ccccc2)c2ccccc2)Nc2ccccc21. The lowest BCUT2D eigenvalue weighted by atomic mass is 9.87. The number of fused-ring (bicyclic) bond motifs is 1. The monoisotopic (exact) mass is 347 g/mol. The number of alkyl halides is 1. The van der Waals surface area contributed by atoms with Crippen LogP contribution in [-0.4, -0.2) is 11.0 Å². The zero-order chi connectivity index (χ0) is 17.3. The van der Waals surface area contributed by atoms with E-state index in [1.165, 1.54) is 0 Å². The number of halogens is 1. The summed E-state index contributed by atoms with van der Waals surface area (Å²) in [6.45, 7) is 0. The summed E-state index contributed by atoms with van der Waals surface area (Å²) < 4.78 is 0. The van der Waals surface area contributed by atoms with E-state index in [1.54, 1.807) is 0 Å². The second kappa shape index (κ2) is 6.26. The Bertz CT molecular complexity index is 869. The number of nitrogens with two attached hydrogens (primary N) is 1. The van der Waals surface area contributed by atoms with Gasteiger partial charge >= 0.3 is 0 Å². The Hall–Kier alpha value is -2.78. The molecule has 25 heavy (non-hydrogen) atoms. The van der Waals surface area contributed by atoms with Gasteiger partial charge in [0.2, 0.25) is 5.12 Å². The van der Waals surface area contributed by atoms with Gasteiger partial charge in [0.05, 0.1) is 5.92 Å². The van der Waals surface area contributed by atoms with Gasteiger partial charge in [0.15, 0.2) is 0 Å². The van der Waals surface area contributed by atoms with Crippen molar-refractivity contribution in [3.8, 4) is 0 Å². The van der Waals surface area contributed by atoms with E-state index < -0.39 is 5.12 Å². The lowest BCUT2D eigenvalue weighted by Crippen LogP contribution is -2.43. The highest BCUT2D eigenvalue weighted by atomic mass is 35.5. The Morgan fingerprint density at radius 1 is 0.800 bits per heavy atom. The molecule has 0 saturated heterocycles. The molecule has 3 N–H and O–H groups in total. The van der Waals surface area contributed by atoms with E-state index in [-0.39, 0.29) is 5.92 Å². The zero-order valence-corrected chi connectivity index (χ0v) is 14.3. The lowest BCUT2D eigenvalue weighted by Gasteiger charge is -2.37. The molecule has 1 aliphatic heterocycles. The minimum atomic E-state index is -1.10. The molecule has 0 spiro atoms. The van der Waals surface area contributed by atoms with Crippen LogP contribution >= 0.6 is 11.6 Å². The average Bonchev–Trinajstić information content (AvgIpc) is 2.63. The predicted octanol–water partition coefficient (Wildman–Crippen LogP) is 4.54. The molecule has 0 saturated carbocycles. The molecule has 0 aliphatic carbocycles. The number of aliphatic imine (C=N–C) groups is 1. The standard InChI is InChI=1S/C21H18ClN3/c22-21(24-18-14-8-7-13-17(18)20(23)25-21)19(15-9-3-1-4-10-15)16-11-5-2-6-12-16/h1-14,19,24H,(H2,23,25). The fourth-order valence-electron chi connectivity index (χ4n) is 3.33. The number of amidine groups is 1. The van der Waals surface area contributed by atoms with Crippen LogP contribution in [0.25, 0.3) is 0 Å². The van der Waals surface area contributed by atoms with E-state index in [4.69, 9.17) is 17.3 Å². The van der Waals surface area contributed by atoms with Crippen molar-refractivity contribution in [2.75, 3.05) is 5.32 Å². The third kappa shape index (κ3) is 2.87. The maximum atomic E-state index is 7.05. The molecule has 124 valence electrons. The van der Waals surface area contributed by atoms with Crippen LogP contribution in [0.4, 0.5) is 5.69 Å². The highest BCUT2D eigenvalue weighted by Gasteiger charge is 2.42. The van der Waals surface area contributed by atoms with Gasteiger partial charge in [-0.05, 0) is 23.3 Å². The van der Waals surface area contributed by atoms with E-state index in [0.717, 1.165) is 22.4 Å². The molecule has 0 fully saturated rings. The molecular weight excluding hydrogens is 330 g/mol. The number of benzene rings is 3. The van der Waals surface area contributed by atoms with Crippen molar-refractivity contribution in [3.05, 3.63) is 102 Å². The van der Waals surface area contributed by atoms with Gasteiger partial charge in [0, 0.05) is 11.3 Å². The number of hydrogen-bond acceptors (Lipinski definition) is 3. The largest absolute Gasteiger partial charge is 0.383 e. The van der Waals surface area contributed by atoms with Crippen molar-refractivity contribution in [2.24, 2.45) is 10.7 Å². The maximum Gasteiger partial charge on any atom is 0.219 e. The van der Waals surface area contributed by atoms with Gasteiger partial charge in [-0.15, -0.1) is 0 Å². The smallest absolute Gasteiger partial charge is 0.219 e. The molecule has 3 aromatic rings. The zero-order valence-electron chi connectivity index (χ0n) is 13.6. The third-order valence-electron chi connectivity index (χ3n) is 4.44. The topological polar surface area (TPSA) is 50.4 Å². The Kier molecular flexibility index (Phi) is 3.94. The first kappa shape index (κ1) is 15.7. The molecule has 4 heteroatoms. The number of nitrogens with zero attached hydrogens (tertiary/aromatic N) is 1. The Balaban J connectivity index is 1.87. The molecule has 4 rings (SSSR count). The van der Waals surface area contributed by atoms with Crippen LogP contribution < -0.4 is 11.1 Å². The van der Waals surface area contributed by atoms with Crippen molar-refractivity contribution in [1.82, 2.24) is 0 Å². The van der Waals surface area contributed by atoms with Crippen molar-refractivity contribution < 1.29 is 0 Å². The maximum absolute atomic E-state index is 7.05. The fourth-order valence-corrected chi connectivity index (χ4v) is 3.77. The summed E-state index contributed by atoms with van der Waals surface area (Å²) in [5.41, 5.74) is 10.2. The molecule has 1 unspecified atom stereocenters. The molecule has 0 radical (unpaired) electrons. The summed E-state index contributed by atoms with van der Waals surface area (Å²) >= 11 is 7.05. The first-order chi connectivity index (χ1) is 12.2. The molecule has 3 nitrogen and oxygen atoms in total. The second-order valence-electron chi connectivity index (χ2n) is 6.10. The summed E-state index contributed by atoms with van der Waals surface area (Å²) in [7, 11) is 0. The summed E-state index contributed by atoms with van der Waals surface area (Å²) in [6, 6.07) is 28.1. The molecule has 1 aliphatic rings. The Morgan fingerprint density at radius 3 is 1.92 bits per heavy atom. The van der Waals surface area contributed by atoms with Crippen molar-refractivity contribution >= 4 is 23.1 Å². The van der Waals surface area contributed by atoms with Crippen molar-refractivity contribution in [3.63, 3.8) is 0 Å². The molecule has 0 aromatic heterocycles. The predicted molar refractivity (Wildman–Crippen MR) is 104 cm³/mol. The van der Waals surface area contributed by atoms with Crippen LogP contribution in [-0.2, 0) is 0 Å². The van der Waals surface area contributed by atoms with E-state index in [0.29, 0.717) is 5.84 Å². The quantitative estimate of drug-likeness (QED) is 0.539. The van der Waals surface area contributed by atoms with Crippen molar-refractivity contribution in [1.29, 1.82) is 0 Å². The van der Waals surface area contributed by atoms with Gasteiger partial charge in [-0.25, -0.2) is 4.99 Å². The summed E-state index contributed by atoms with van der Waals surface area (Å²) in [5, 5.41) is 2.30. The molecule has 1 atom stereocenters. The third-order valence-corrected chi connectivity index (χ3v) is 4.84. The van der Waals surface area contributed by atoms with E-state index in [2.05, 4.69) is 34.6 Å². The molecule has 3 aromatic carbocycles. The van der Waals surface area contributed by atoms with Gasteiger partial charge in [0.25, 0.3) is 0 Å². The van der Waals surface area contributed by atoms with Crippen LogP contribution in [0, 0.1) is 0 Å². The molecule has 0 bridgehead atoms. The highest BCUT2D eigenvalue weighted by molar-refractivity contribution is 6.28. The number of anilines is 1. The minimum absolute atomic E-state index is 0.191.